The number of hydrogen-bond acceptors (Lipinski definition) is 5. The fraction of sp³-hybridized carbons (Fsp3) is 0.700. The summed E-state index contributed by atoms with van der Waals surface area (Å²) in [6.45, 7) is 6.74. The lowest BCUT2D eigenvalue weighted by molar-refractivity contribution is -0.169. The van der Waals surface area contributed by atoms with Crippen molar-refractivity contribution in [3.8, 4) is 0 Å². The second-order valence-corrected chi connectivity index (χ2v) is 4.29. The van der Waals surface area contributed by atoms with E-state index in [1.54, 1.807) is 27.7 Å². The number of alkyl carbamates (subject to hydrolysis) is 1. The van der Waals surface area contributed by atoms with Crippen LogP contribution in [-0.4, -0.2) is 35.7 Å². The van der Waals surface area contributed by atoms with Crippen molar-refractivity contribution in [2.75, 3.05) is 7.05 Å². The van der Waals surface area contributed by atoms with Gasteiger partial charge >= 0.3 is 12.1 Å². The topological polar surface area (TPSA) is 91.7 Å². The van der Waals surface area contributed by atoms with Gasteiger partial charge in [0.2, 0.25) is 5.96 Å². The lowest BCUT2D eigenvalue weighted by atomic mass is 10.2. The van der Waals surface area contributed by atoms with E-state index >= 15 is 0 Å². The summed E-state index contributed by atoms with van der Waals surface area (Å²) in [4.78, 5) is 26.9. The summed E-state index contributed by atoms with van der Waals surface area (Å²) in [5.74, 6) is -0.871. The predicted molar refractivity (Wildman–Crippen MR) is 61.2 cm³/mol. The Labute approximate surface area is 101 Å². The van der Waals surface area contributed by atoms with E-state index in [-0.39, 0.29) is 12.4 Å². The molecule has 0 heterocycles. The van der Waals surface area contributed by atoms with Crippen LogP contribution < -0.4 is 5.32 Å². The fourth-order valence-electron chi connectivity index (χ4n) is 0.742. The van der Waals surface area contributed by atoms with Crippen molar-refractivity contribution in [2.45, 2.75) is 39.7 Å². The van der Waals surface area contributed by atoms with Gasteiger partial charge in [0.1, 0.15) is 5.60 Å². The number of ether oxygens (including phenoxy) is 1. The highest BCUT2D eigenvalue weighted by atomic mass is 16.7. The van der Waals surface area contributed by atoms with Crippen LogP contribution in [0, 0.1) is 5.41 Å². The van der Waals surface area contributed by atoms with Crippen LogP contribution >= 0.6 is 0 Å². The van der Waals surface area contributed by atoms with Gasteiger partial charge in [0, 0.05) is 13.5 Å². The van der Waals surface area contributed by atoms with Crippen molar-refractivity contribution < 1.29 is 19.2 Å². The molecule has 0 aliphatic heterocycles. The Kier molecular flexibility index (Phi) is 5.43. The molecule has 2 N–H and O–H groups in total. The third-order valence-electron chi connectivity index (χ3n) is 1.46. The first-order valence-corrected chi connectivity index (χ1v) is 5.18. The average molecular weight is 245 g/mol. The Morgan fingerprint density at radius 3 is 2.29 bits per heavy atom. The maximum atomic E-state index is 11.3. The molecule has 7 nitrogen and oxygen atoms in total. The minimum atomic E-state index is -0.776. The predicted octanol–water partition coefficient (Wildman–Crippen LogP) is 1.25. The Hall–Kier alpha value is -1.79. The molecule has 98 valence electrons. The molecule has 0 spiro atoms. The standard InChI is InChI=1S/C10H19N3O4/c1-6-7(14)17-13(5)8(11)12-9(15)16-10(2,3)4/h6H2,1-5H3,(H2,11,12,15). The second kappa shape index (κ2) is 6.07. The lowest BCUT2D eigenvalue weighted by Crippen LogP contribution is -2.44. The summed E-state index contributed by atoms with van der Waals surface area (Å²) < 4.78 is 4.93. The zero-order valence-electron chi connectivity index (χ0n) is 10.8. The van der Waals surface area contributed by atoms with E-state index in [0.29, 0.717) is 0 Å². The molecule has 7 heteroatoms. The summed E-state index contributed by atoms with van der Waals surface area (Å²) in [6.07, 6.45) is -0.591. The number of amides is 1. The molecule has 1 amide bonds. The third-order valence-corrected chi connectivity index (χ3v) is 1.46. The summed E-state index contributed by atoms with van der Waals surface area (Å²) in [7, 11) is 1.34. The Morgan fingerprint density at radius 2 is 1.88 bits per heavy atom. The maximum absolute atomic E-state index is 11.3. The van der Waals surface area contributed by atoms with Crippen LogP contribution in [0.2, 0.25) is 0 Å². The van der Waals surface area contributed by atoms with E-state index < -0.39 is 17.7 Å². The van der Waals surface area contributed by atoms with Crippen molar-refractivity contribution in [3.63, 3.8) is 0 Å². The van der Waals surface area contributed by atoms with Gasteiger partial charge in [-0.2, -0.15) is 5.06 Å². The molecule has 0 fully saturated rings. The minimum Gasteiger partial charge on any atom is -0.444 e. The van der Waals surface area contributed by atoms with Gasteiger partial charge in [-0.15, -0.1) is 0 Å². The molecule has 17 heavy (non-hydrogen) atoms. The van der Waals surface area contributed by atoms with E-state index in [9.17, 15) is 9.59 Å². The van der Waals surface area contributed by atoms with Gasteiger partial charge in [0.15, 0.2) is 0 Å². The van der Waals surface area contributed by atoms with Crippen molar-refractivity contribution in [1.29, 1.82) is 5.41 Å². The average Bonchev–Trinajstić information content (AvgIpc) is 2.14. The van der Waals surface area contributed by atoms with Crippen LogP contribution in [0.1, 0.15) is 34.1 Å². The molecule has 0 bridgehead atoms. The van der Waals surface area contributed by atoms with E-state index in [4.69, 9.17) is 15.0 Å². The van der Waals surface area contributed by atoms with Crippen LogP contribution in [0.5, 0.6) is 0 Å². The number of guanidine groups is 1. The van der Waals surface area contributed by atoms with Crippen LogP contribution in [0.3, 0.4) is 0 Å². The van der Waals surface area contributed by atoms with Crippen LogP contribution in [0.4, 0.5) is 4.79 Å². The zero-order valence-corrected chi connectivity index (χ0v) is 10.8. The number of hydrogen-bond donors (Lipinski definition) is 2. The molecule has 0 aromatic heterocycles. The highest BCUT2D eigenvalue weighted by Crippen LogP contribution is 2.06. The maximum Gasteiger partial charge on any atom is 0.414 e. The van der Waals surface area contributed by atoms with Crippen molar-refractivity contribution >= 4 is 18.0 Å². The number of carbonyl (C=O) groups is 2. The molecule has 0 rings (SSSR count). The SMILES string of the molecule is CCC(=O)ON(C)C(=N)NC(=O)OC(C)(C)C. The van der Waals surface area contributed by atoms with Gasteiger partial charge in [-0.05, 0) is 20.8 Å². The molecule has 0 aliphatic rings. The number of nitrogens with one attached hydrogen (secondary N) is 2. The Balaban J connectivity index is 4.17. The van der Waals surface area contributed by atoms with Crippen molar-refractivity contribution in [1.82, 2.24) is 10.4 Å². The molecule has 0 aromatic carbocycles. The number of rotatable bonds is 1. The fourth-order valence-corrected chi connectivity index (χ4v) is 0.742. The van der Waals surface area contributed by atoms with E-state index in [1.165, 1.54) is 7.05 Å². The second-order valence-electron chi connectivity index (χ2n) is 4.29. The zero-order chi connectivity index (χ0) is 13.6. The summed E-state index contributed by atoms with van der Waals surface area (Å²) in [5, 5.41) is 10.4. The first-order chi connectivity index (χ1) is 7.65. The molecule has 0 atom stereocenters. The van der Waals surface area contributed by atoms with E-state index in [1.807, 2.05) is 0 Å². The van der Waals surface area contributed by atoms with Crippen molar-refractivity contribution in [3.05, 3.63) is 0 Å². The highest BCUT2D eigenvalue weighted by Gasteiger charge is 2.19. The molecule has 0 radical (unpaired) electrons. The smallest absolute Gasteiger partial charge is 0.414 e. The minimum absolute atomic E-state index is 0.185. The summed E-state index contributed by atoms with van der Waals surface area (Å²) in [5.41, 5.74) is -0.650. The Bertz CT molecular complexity index is 309. The largest absolute Gasteiger partial charge is 0.444 e. The van der Waals surface area contributed by atoms with Crippen LogP contribution in [0.15, 0.2) is 0 Å². The third kappa shape index (κ3) is 7.15. The summed E-state index contributed by atoms with van der Waals surface area (Å²) >= 11 is 0. The van der Waals surface area contributed by atoms with Gasteiger partial charge in [-0.1, -0.05) is 6.92 Å². The van der Waals surface area contributed by atoms with Gasteiger partial charge in [0.05, 0.1) is 0 Å². The summed E-state index contributed by atoms with van der Waals surface area (Å²) in [6, 6.07) is 0. The van der Waals surface area contributed by atoms with E-state index in [0.717, 1.165) is 5.06 Å². The van der Waals surface area contributed by atoms with Crippen LogP contribution in [0.25, 0.3) is 0 Å². The number of hydroxylamine groups is 2. The van der Waals surface area contributed by atoms with Gasteiger partial charge in [-0.3, -0.25) is 10.7 Å². The van der Waals surface area contributed by atoms with E-state index in [2.05, 4.69) is 5.32 Å². The molecule has 0 saturated carbocycles. The Morgan fingerprint density at radius 1 is 1.35 bits per heavy atom. The molecule has 0 aliphatic carbocycles. The number of carbonyl (C=O) groups excluding carboxylic acids is 2. The molecule has 0 saturated heterocycles. The quantitative estimate of drug-likeness (QED) is 0.412. The molecule has 0 aromatic rings. The normalized spacial score (nSPS) is 10.4. The molecular formula is C10H19N3O4. The van der Waals surface area contributed by atoms with Gasteiger partial charge in [-0.25, -0.2) is 9.59 Å². The molecule has 0 unspecified atom stereocenters. The van der Waals surface area contributed by atoms with Crippen molar-refractivity contribution in [2.24, 2.45) is 0 Å². The van der Waals surface area contributed by atoms with Gasteiger partial charge < -0.3 is 9.57 Å². The first-order valence-electron chi connectivity index (χ1n) is 5.18. The first kappa shape index (κ1) is 15.2. The highest BCUT2D eigenvalue weighted by molar-refractivity contribution is 5.92. The van der Waals surface area contributed by atoms with Crippen LogP contribution in [-0.2, 0) is 14.4 Å². The molecular weight excluding hydrogens is 226 g/mol. The van der Waals surface area contributed by atoms with Gasteiger partial charge in [0.25, 0.3) is 0 Å². The monoisotopic (exact) mass is 245 g/mol. The lowest BCUT2D eigenvalue weighted by Gasteiger charge is -2.22. The number of nitrogens with zero attached hydrogens (tertiary/aromatic N) is 1.